The van der Waals surface area contributed by atoms with Crippen LogP contribution in [0.15, 0.2) is 41.5 Å². The average molecular weight is 445 g/mol. The van der Waals surface area contributed by atoms with Crippen LogP contribution >= 0.6 is 34.2 Å². The summed E-state index contributed by atoms with van der Waals surface area (Å²) in [7, 11) is 0. The molecule has 0 saturated carbocycles. The maximum atomic E-state index is 11.9. The Hall–Kier alpha value is -1.80. The quantitative estimate of drug-likeness (QED) is 0.418. The van der Waals surface area contributed by atoms with Gasteiger partial charge in [-0.25, -0.2) is 5.43 Å². The molecule has 2 N–H and O–H groups in total. The molecule has 0 fully saturated rings. The molecule has 0 aliphatic carbocycles. The molecule has 5 nitrogen and oxygen atoms in total. The lowest BCUT2D eigenvalue weighted by atomic mass is 10.2. The van der Waals surface area contributed by atoms with Crippen LogP contribution in [0, 0.1) is 3.57 Å². The molecule has 0 spiro atoms. The van der Waals surface area contributed by atoms with Gasteiger partial charge in [-0.2, -0.15) is 5.10 Å². The lowest BCUT2D eigenvalue weighted by molar-refractivity contribution is 0.0955. The molecule has 0 unspecified atom stereocenters. The molecule has 120 valence electrons. The molecule has 2 aromatic carbocycles. The highest BCUT2D eigenvalue weighted by Crippen LogP contribution is 2.32. The summed E-state index contributed by atoms with van der Waals surface area (Å²) >= 11 is 7.78. The van der Waals surface area contributed by atoms with Gasteiger partial charge in [0, 0.05) is 10.6 Å². The molecule has 0 radical (unpaired) electrons. The molecule has 0 heterocycles. The number of hydrazone groups is 1. The molecule has 0 bridgehead atoms. The SMILES string of the molecule is CCOc1cc(/C=N\NC(=O)c2ccc(Cl)cc2)cc(I)c1O. The zero-order valence-electron chi connectivity index (χ0n) is 12.2. The number of ether oxygens (including phenoxy) is 1. The number of nitrogens with one attached hydrogen (secondary N) is 1. The summed E-state index contributed by atoms with van der Waals surface area (Å²) in [5, 5.41) is 14.4. The first-order valence-corrected chi connectivity index (χ1v) is 8.21. The van der Waals surface area contributed by atoms with Crippen molar-refractivity contribution < 1.29 is 14.6 Å². The first kappa shape index (κ1) is 17.6. The molecular weight excluding hydrogens is 431 g/mol. The summed E-state index contributed by atoms with van der Waals surface area (Å²) in [4.78, 5) is 11.9. The Balaban J connectivity index is 2.08. The van der Waals surface area contributed by atoms with Gasteiger partial charge in [-0.1, -0.05) is 11.6 Å². The van der Waals surface area contributed by atoms with Crippen molar-refractivity contribution in [1.82, 2.24) is 5.43 Å². The third-order valence-electron chi connectivity index (χ3n) is 2.84. The van der Waals surface area contributed by atoms with Gasteiger partial charge in [-0.3, -0.25) is 4.79 Å². The Labute approximate surface area is 152 Å². The first-order chi connectivity index (χ1) is 11.0. The van der Waals surface area contributed by atoms with Gasteiger partial charge in [-0.15, -0.1) is 0 Å². The van der Waals surface area contributed by atoms with E-state index in [-0.39, 0.29) is 11.7 Å². The molecule has 2 aromatic rings. The van der Waals surface area contributed by atoms with E-state index in [1.807, 2.05) is 29.5 Å². The zero-order valence-corrected chi connectivity index (χ0v) is 15.1. The number of phenols is 1. The smallest absolute Gasteiger partial charge is 0.271 e. The van der Waals surface area contributed by atoms with E-state index in [1.165, 1.54) is 6.21 Å². The molecule has 0 aromatic heterocycles. The number of carbonyl (C=O) groups is 1. The van der Waals surface area contributed by atoms with Crippen LogP contribution in [0.1, 0.15) is 22.8 Å². The van der Waals surface area contributed by atoms with Crippen LogP contribution in [0.2, 0.25) is 5.02 Å². The number of hydrogen-bond donors (Lipinski definition) is 2. The van der Waals surface area contributed by atoms with Crippen LogP contribution in [-0.2, 0) is 0 Å². The van der Waals surface area contributed by atoms with E-state index in [9.17, 15) is 9.90 Å². The van der Waals surface area contributed by atoms with Crippen molar-refractivity contribution in [3.05, 3.63) is 56.1 Å². The van der Waals surface area contributed by atoms with Crippen LogP contribution in [0.4, 0.5) is 0 Å². The van der Waals surface area contributed by atoms with Crippen molar-refractivity contribution >= 4 is 46.3 Å². The normalized spacial score (nSPS) is 10.7. The van der Waals surface area contributed by atoms with Crippen molar-refractivity contribution in [1.29, 1.82) is 0 Å². The number of rotatable bonds is 5. The topological polar surface area (TPSA) is 70.9 Å². The van der Waals surface area contributed by atoms with Crippen molar-refractivity contribution in [3.63, 3.8) is 0 Å². The Bertz CT molecular complexity index is 733. The van der Waals surface area contributed by atoms with Crippen molar-refractivity contribution in [3.8, 4) is 11.5 Å². The molecule has 0 aliphatic rings. The fourth-order valence-electron chi connectivity index (χ4n) is 1.77. The van der Waals surface area contributed by atoms with E-state index in [1.54, 1.807) is 36.4 Å². The van der Waals surface area contributed by atoms with Crippen molar-refractivity contribution in [2.24, 2.45) is 5.10 Å². The van der Waals surface area contributed by atoms with Gasteiger partial charge >= 0.3 is 0 Å². The largest absolute Gasteiger partial charge is 0.504 e. The minimum atomic E-state index is -0.337. The standard InChI is InChI=1S/C16H14ClIN2O3/c1-2-23-14-8-10(7-13(18)15(14)21)9-19-20-16(22)11-3-5-12(17)6-4-11/h3-9,21H,2H2,1H3,(H,20,22)/b19-9-. The number of aromatic hydroxyl groups is 1. The highest BCUT2D eigenvalue weighted by molar-refractivity contribution is 14.1. The van der Waals surface area contributed by atoms with Gasteiger partial charge in [0.1, 0.15) is 0 Å². The van der Waals surface area contributed by atoms with E-state index in [0.29, 0.717) is 32.1 Å². The lowest BCUT2D eigenvalue weighted by Crippen LogP contribution is -2.17. The van der Waals surface area contributed by atoms with Gasteiger partial charge in [-0.05, 0) is 71.5 Å². The second kappa shape index (κ2) is 8.16. The van der Waals surface area contributed by atoms with E-state index in [4.69, 9.17) is 16.3 Å². The summed E-state index contributed by atoms with van der Waals surface area (Å²) in [6.07, 6.45) is 1.48. The Morgan fingerprint density at radius 1 is 1.39 bits per heavy atom. The van der Waals surface area contributed by atoms with E-state index in [2.05, 4.69) is 10.5 Å². The Morgan fingerprint density at radius 2 is 2.09 bits per heavy atom. The minimum absolute atomic E-state index is 0.0924. The first-order valence-electron chi connectivity index (χ1n) is 6.75. The number of benzene rings is 2. The average Bonchev–Trinajstić information content (AvgIpc) is 2.53. The molecule has 0 aliphatic heterocycles. The lowest BCUT2D eigenvalue weighted by Gasteiger charge is -2.08. The molecule has 23 heavy (non-hydrogen) atoms. The molecule has 0 saturated heterocycles. The van der Waals surface area contributed by atoms with Crippen LogP contribution in [0.25, 0.3) is 0 Å². The number of halogens is 2. The maximum Gasteiger partial charge on any atom is 0.271 e. The minimum Gasteiger partial charge on any atom is -0.504 e. The second-order valence-corrected chi connectivity index (χ2v) is 6.09. The van der Waals surface area contributed by atoms with Gasteiger partial charge in [0.25, 0.3) is 5.91 Å². The predicted molar refractivity (Wildman–Crippen MR) is 98.5 cm³/mol. The Kier molecular flexibility index (Phi) is 6.23. The highest BCUT2D eigenvalue weighted by atomic mass is 127. The summed E-state index contributed by atoms with van der Waals surface area (Å²) in [5.74, 6) is 0.135. The Morgan fingerprint density at radius 3 is 2.74 bits per heavy atom. The van der Waals surface area contributed by atoms with Crippen molar-refractivity contribution in [2.45, 2.75) is 6.92 Å². The van der Waals surface area contributed by atoms with Crippen LogP contribution < -0.4 is 10.2 Å². The molecule has 1 amide bonds. The number of nitrogens with zero attached hydrogens (tertiary/aromatic N) is 1. The number of phenolic OH excluding ortho intramolecular Hbond substituents is 1. The fraction of sp³-hybridized carbons (Fsp3) is 0.125. The molecule has 7 heteroatoms. The summed E-state index contributed by atoms with van der Waals surface area (Å²) in [5.41, 5.74) is 3.60. The summed E-state index contributed by atoms with van der Waals surface area (Å²) in [6, 6.07) is 9.89. The predicted octanol–water partition coefficient (Wildman–Crippen LogP) is 3.81. The highest BCUT2D eigenvalue weighted by Gasteiger charge is 2.08. The number of hydrogen-bond acceptors (Lipinski definition) is 4. The monoisotopic (exact) mass is 444 g/mol. The molecule has 0 atom stereocenters. The van der Waals surface area contributed by atoms with E-state index in [0.717, 1.165) is 0 Å². The molecular formula is C16H14ClIN2O3. The van der Waals surface area contributed by atoms with Crippen molar-refractivity contribution in [2.75, 3.05) is 6.61 Å². The third-order valence-corrected chi connectivity index (χ3v) is 3.91. The van der Waals surface area contributed by atoms with Gasteiger partial charge < -0.3 is 9.84 Å². The molecule has 2 rings (SSSR count). The van der Waals surface area contributed by atoms with E-state index >= 15 is 0 Å². The third kappa shape index (κ3) is 4.84. The van der Waals surface area contributed by atoms with E-state index < -0.39 is 0 Å². The summed E-state index contributed by atoms with van der Waals surface area (Å²) in [6.45, 7) is 2.27. The van der Waals surface area contributed by atoms with Crippen LogP contribution in [0.5, 0.6) is 11.5 Å². The van der Waals surface area contributed by atoms with Gasteiger partial charge in [0.2, 0.25) is 0 Å². The van der Waals surface area contributed by atoms with Gasteiger partial charge in [0.05, 0.1) is 16.4 Å². The zero-order chi connectivity index (χ0) is 16.8. The maximum absolute atomic E-state index is 11.9. The van der Waals surface area contributed by atoms with Gasteiger partial charge in [0.15, 0.2) is 11.5 Å². The van der Waals surface area contributed by atoms with Crippen LogP contribution in [-0.4, -0.2) is 23.8 Å². The fourth-order valence-corrected chi connectivity index (χ4v) is 2.52. The number of amides is 1. The number of carbonyl (C=O) groups excluding carboxylic acids is 1. The second-order valence-electron chi connectivity index (χ2n) is 4.49. The van der Waals surface area contributed by atoms with Crippen LogP contribution in [0.3, 0.4) is 0 Å². The summed E-state index contributed by atoms with van der Waals surface area (Å²) < 4.78 is 5.99.